The predicted octanol–water partition coefficient (Wildman–Crippen LogP) is 4.61. The molecular weight excluding hydrogens is 414 g/mol. The zero-order chi connectivity index (χ0) is 20.9. The Hall–Kier alpha value is -1.28. The smallest absolute Gasteiger partial charge is 0.136 e. The summed E-state index contributed by atoms with van der Waals surface area (Å²) in [5.74, 6) is 1.45. The van der Waals surface area contributed by atoms with Gasteiger partial charge in [-0.1, -0.05) is 32.1 Å². The first-order chi connectivity index (χ1) is 14.6. The molecule has 2 fully saturated rings. The molecule has 164 valence electrons. The molecule has 2 heterocycles. The molecule has 2 atom stereocenters. The maximum Gasteiger partial charge on any atom is 0.136 e. The Labute approximate surface area is 186 Å². The number of rotatable bonds is 7. The van der Waals surface area contributed by atoms with Gasteiger partial charge < -0.3 is 10.1 Å². The fourth-order valence-corrected chi connectivity index (χ4v) is 6.95. The number of hydrogen-bond donors (Lipinski definition) is 2. The van der Waals surface area contributed by atoms with Crippen LogP contribution in [0.1, 0.15) is 55.6 Å². The molecule has 1 saturated carbocycles. The summed E-state index contributed by atoms with van der Waals surface area (Å²) in [6.07, 6.45) is 10.0. The van der Waals surface area contributed by atoms with E-state index in [1.54, 1.807) is 18.4 Å². The van der Waals surface area contributed by atoms with Crippen molar-refractivity contribution in [2.45, 2.75) is 69.2 Å². The molecule has 1 saturated heterocycles. The molecule has 1 aliphatic carbocycles. The Morgan fingerprint density at radius 3 is 2.80 bits per heavy atom. The van der Waals surface area contributed by atoms with Crippen LogP contribution in [0.25, 0.3) is 10.4 Å². The van der Waals surface area contributed by atoms with E-state index in [2.05, 4.69) is 23.0 Å². The zero-order valence-corrected chi connectivity index (χ0v) is 19.7. The third-order valence-corrected chi connectivity index (χ3v) is 8.72. The van der Waals surface area contributed by atoms with Gasteiger partial charge in [0.15, 0.2) is 0 Å². The maximum atomic E-state index is 13.1. The lowest BCUT2D eigenvalue weighted by Crippen LogP contribution is -2.43. The standard InChI is InChI=1S/C23H33N3O2S2/c1-16-23(29-22(25-16)13-17-7-4-3-5-8-17)18-10-11-20(28-2)21(14-18)30(27)26-19-9-6-12-24-15-19/h10-11,14,17,19,24,26H,3-9,12-13,15H2,1-2H3. The van der Waals surface area contributed by atoms with Crippen LogP contribution in [0.3, 0.4) is 0 Å². The molecule has 30 heavy (non-hydrogen) atoms. The lowest BCUT2D eigenvalue weighted by molar-refractivity contribution is 0.356. The molecule has 5 nitrogen and oxygen atoms in total. The largest absolute Gasteiger partial charge is 0.495 e. The highest BCUT2D eigenvalue weighted by atomic mass is 32.2. The monoisotopic (exact) mass is 447 g/mol. The molecule has 0 radical (unpaired) electrons. The molecule has 0 spiro atoms. The minimum absolute atomic E-state index is 0.222. The maximum absolute atomic E-state index is 13.1. The van der Waals surface area contributed by atoms with Crippen molar-refractivity contribution in [3.8, 4) is 16.2 Å². The predicted molar refractivity (Wildman–Crippen MR) is 125 cm³/mol. The van der Waals surface area contributed by atoms with Crippen molar-refractivity contribution in [1.82, 2.24) is 15.0 Å². The summed E-state index contributed by atoms with van der Waals surface area (Å²) in [5.41, 5.74) is 2.14. The van der Waals surface area contributed by atoms with Crippen molar-refractivity contribution in [1.29, 1.82) is 0 Å². The quantitative estimate of drug-likeness (QED) is 0.650. The summed E-state index contributed by atoms with van der Waals surface area (Å²) < 4.78 is 21.9. The number of benzene rings is 1. The number of hydrogen-bond acceptors (Lipinski definition) is 5. The lowest BCUT2D eigenvalue weighted by Gasteiger charge is -2.23. The van der Waals surface area contributed by atoms with Gasteiger partial charge in [-0.05, 0) is 56.0 Å². The third kappa shape index (κ3) is 5.31. The lowest BCUT2D eigenvalue weighted by atomic mass is 9.87. The van der Waals surface area contributed by atoms with Crippen molar-refractivity contribution in [2.24, 2.45) is 5.92 Å². The highest BCUT2D eigenvalue weighted by Gasteiger charge is 2.21. The Balaban J connectivity index is 1.54. The first-order valence-corrected chi connectivity index (χ1v) is 13.1. The molecule has 1 aromatic heterocycles. The van der Waals surface area contributed by atoms with Crippen LogP contribution in [-0.2, 0) is 17.4 Å². The average molecular weight is 448 g/mol. The van der Waals surface area contributed by atoms with Crippen LogP contribution < -0.4 is 14.8 Å². The van der Waals surface area contributed by atoms with Crippen LogP contribution in [0.5, 0.6) is 5.75 Å². The van der Waals surface area contributed by atoms with Crippen molar-refractivity contribution >= 4 is 22.3 Å². The number of aromatic nitrogens is 1. The van der Waals surface area contributed by atoms with Crippen LogP contribution in [0.4, 0.5) is 0 Å². The van der Waals surface area contributed by atoms with E-state index in [1.165, 1.54) is 42.0 Å². The van der Waals surface area contributed by atoms with Crippen LogP contribution in [-0.4, -0.2) is 35.4 Å². The van der Waals surface area contributed by atoms with E-state index >= 15 is 0 Å². The van der Waals surface area contributed by atoms with E-state index in [9.17, 15) is 4.21 Å². The first kappa shape index (κ1) is 21.9. The molecule has 4 rings (SSSR count). The number of methoxy groups -OCH3 is 1. The van der Waals surface area contributed by atoms with Gasteiger partial charge in [-0.25, -0.2) is 13.9 Å². The van der Waals surface area contributed by atoms with Gasteiger partial charge in [-0.2, -0.15) is 0 Å². The van der Waals surface area contributed by atoms with Crippen LogP contribution in [0, 0.1) is 12.8 Å². The van der Waals surface area contributed by atoms with Gasteiger partial charge in [0.2, 0.25) is 0 Å². The van der Waals surface area contributed by atoms with Crippen molar-refractivity contribution in [3.63, 3.8) is 0 Å². The normalized spacial score (nSPS) is 21.5. The van der Waals surface area contributed by atoms with Gasteiger partial charge in [0.1, 0.15) is 16.7 Å². The molecule has 2 aromatic rings. The minimum Gasteiger partial charge on any atom is -0.495 e. The fraction of sp³-hybridized carbons (Fsp3) is 0.609. The summed E-state index contributed by atoms with van der Waals surface area (Å²) in [6.45, 7) is 3.98. The van der Waals surface area contributed by atoms with E-state index in [1.807, 2.05) is 12.1 Å². The minimum atomic E-state index is -1.31. The first-order valence-electron chi connectivity index (χ1n) is 11.2. The van der Waals surface area contributed by atoms with Gasteiger partial charge in [0.25, 0.3) is 0 Å². The second-order valence-corrected chi connectivity index (χ2v) is 10.8. The molecule has 1 aliphatic heterocycles. The van der Waals surface area contributed by atoms with Gasteiger partial charge in [0.05, 0.1) is 27.6 Å². The molecule has 2 N–H and O–H groups in total. The molecular formula is C23H33N3O2S2. The Morgan fingerprint density at radius 1 is 1.23 bits per heavy atom. The van der Waals surface area contributed by atoms with E-state index in [0.29, 0.717) is 10.6 Å². The fourth-order valence-electron chi connectivity index (χ4n) is 4.58. The highest BCUT2D eigenvalue weighted by molar-refractivity contribution is 7.83. The molecule has 7 heteroatoms. The van der Waals surface area contributed by atoms with Crippen molar-refractivity contribution in [2.75, 3.05) is 20.2 Å². The molecule has 2 unspecified atom stereocenters. The summed E-state index contributed by atoms with van der Waals surface area (Å²) >= 11 is 1.79. The highest BCUT2D eigenvalue weighted by Crippen LogP contribution is 2.36. The van der Waals surface area contributed by atoms with Gasteiger partial charge in [0, 0.05) is 19.0 Å². The number of nitrogens with one attached hydrogen (secondary N) is 2. The topological polar surface area (TPSA) is 63.2 Å². The van der Waals surface area contributed by atoms with E-state index in [-0.39, 0.29) is 6.04 Å². The molecule has 0 amide bonds. The number of nitrogens with zero attached hydrogens (tertiary/aromatic N) is 1. The Bertz CT molecular complexity index is 871. The van der Waals surface area contributed by atoms with Gasteiger partial charge in [-0.3, -0.25) is 0 Å². The number of ether oxygens (including phenoxy) is 1. The summed E-state index contributed by atoms with van der Waals surface area (Å²) in [4.78, 5) is 6.77. The SMILES string of the molecule is COc1ccc(-c2sc(CC3CCCCC3)nc2C)cc1S(=O)NC1CCCNC1. The molecule has 1 aromatic carbocycles. The number of aryl methyl sites for hydroxylation is 1. The van der Waals surface area contributed by atoms with Crippen LogP contribution in [0.2, 0.25) is 0 Å². The summed E-state index contributed by atoms with van der Waals surface area (Å²) in [7, 11) is 0.324. The zero-order valence-electron chi connectivity index (χ0n) is 18.0. The molecule has 0 bridgehead atoms. The second kappa shape index (κ2) is 10.4. The third-order valence-electron chi connectivity index (χ3n) is 6.23. The number of piperidine rings is 1. The van der Waals surface area contributed by atoms with Crippen molar-refractivity contribution in [3.05, 3.63) is 28.9 Å². The van der Waals surface area contributed by atoms with Gasteiger partial charge >= 0.3 is 0 Å². The van der Waals surface area contributed by atoms with E-state index in [4.69, 9.17) is 9.72 Å². The van der Waals surface area contributed by atoms with Crippen LogP contribution >= 0.6 is 11.3 Å². The van der Waals surface area contributed by atoms with Crippen molar-refractivity contribution < 1.29 is 8.95 Å². The Morgan fingerprint density at radius 2 is 2.07 bits per heavy atom. The number of thiazole rings is 1. The molecule has 2 aliphatic rings. The van der Waals surface area contributed by atoms with Gasteiger partial charge in [-0.15, -0.1) is 11.3 Å². The summed E-state index contributed by atoms with van der Waals surface area (Å²) in [5, 5.41) is 4.60. The summed E-state index contributed by atoms with van der Waals surface area (Å²) in [6, 6.07) is 6.24. The van der Waals surface area contributed by atoms with E-state index in [0.717, 1.165) is 49.5 Å². The van der Waals surface area contributed by atoms with Crippen LogP contribution in [0.15, 0.2) is 23.1 Å². The van der Waals surface area contributed by atoms with E-state index < -0.39 is 11.0 Å². The average Bonchev–Trinajstić information content (AvgIpc) is 3.14. The second-order valence-electron chi connectivity index (χ2n) is 8.53. The Kier molecular flexibility index (Phi) is 7.57.